The van der Waals surface area contributed by atoms with Gasteiger partial charge < -0.3 is 24.8 Å². The summed E-state index contributed by atoms with van der Waals surface area (Å²) >= 11 is 0. The fourth-order valence-corrected chi connectivity index (χ4v) is 10.1. The van der Waals surface area contributed by atoms with E-state index in [9.17, 15) is 29.7 Å². The molecule has 0 spiro atoms. The first-order valence-corrected chi connectivity index (χ1v) is 15.3. The highest BCUT2D eigenvalue weighted by atomic mass is 16.6. The molecule has 0 radical (unpaired) electrons. The lowest BCUT2D eigenvalue weighted by molar-refractivity contribution is -0.288. The zero-order chi connectivity index (χ0) is 30.7. The number of allylic oxidation sites excluding steroid dienone is 2. The molecule has 11 atom stereocenters. The third kappa shape index (κ3) is 4.97. The first-order valence-electron chi connectivity index (χ1n) is 15.3. The van der Waals surface area contributed by atoms with Crippen LogP contribution in [0.2, 0.25) is 0 Å². The molecule has 0 heterocycles. The summed E-state index contributed by atoms with van der Waals surface area (Å²) in [6, 6.07) is 0. The number of ether oxygens (including phenoxy) is 2. The second-order valence-electron chi connectivity index (χ2n) is 14.3. The molecule has 4 fully saturated rings. The Balaban J connectivity index is 1.89. The maximum absolute atomic E-state index is 12.7. The van der Waals surface area contributed by atoms with Gasteiger partial charge in [-0.3, -0.25) is 9.59 Å². The number of fused-ring (bicyclic) bond motifs is 5. The third-order valence-electron chi connectivity index (χ3n) is 12.0. The molecule has 0 aromatic carbocycles. The molecular formula is C33H50O8. The molecule has 3 N–H and O–H groups in total. The Labute approximate surface area is 244 Å². The fourth-order valence-electron chi connectivity index (χ4n) is 10.1. The molecule has 4 saturated carbocycles. The average Bonchev–Trinajstić information content (AvgIpc) is 3.14. The summed E-state index contributed by atoms with van der Waals surface area (Å²) in [5.74, 6) is -2.50. The van der Waals surface area contributed by atoms with Gasteiger partial charge in [-0.25, -0.2) is 4.79 Å². The van der Waals surface area contributed by atoms with Crippen LogP contribution in [0, 0.1) is 39.9 Å². The van der Waals surface area contributed by atoms with Gasteiger partial charge in [0.25, 0.3) is 0 Å². The maximum Gasteiger partial charge on any atom is 0.331 e. The average molecular weight is 575 g/mol. The van der Waals surface area contributed by atoms with Crippen LogP contribution in [-0.2, 0) is 23.9 Å². The van der Waals surface area contributed by atoms with E-state index in [2.05, 4.69) is 20.8 Å². The number of rotatable bonds is 6. The Bertz CT molecular complexity index is 1140. The standard InChI is InChI=1S/C33H50O8/c1-17(2)10-9-11-21(30(38)39)26-22-12-13-25-31(6)15-14-23(36)18(3)27(31)28(41-20(5)35)29(37)33(25,8)32(22,7)16-24(26)40-19(4)34/h10,18,22-25,27-29,36-37H,9,11-16H2,1-8H3,(H,38,39)/b26-21-/t18-,22+,23-,24+,25+,27-,28-,29+,31-,32+,33-/m1/s1. The molecule has 0 bridgehead atoms. The van der Waals surface area contributed by atoms with E-state index in [1.165, 1.54) is 13.8 Å². The van der Waals surface area contributed by atoms with Gasteiger partial charge in [-0.05, 0) is 93.0 Å². The van der Waals surface area contributed by atoms with Crippen molar-refractivity contribution in [2.24, 2.45) is 39.9 Å². The lowest BCUT2D eigenvalue weighted by atomic mass is 9.35. The minimum Gasteiger partial charge on any atom is -0.478 e. The van der Waals surface area contributed by atoms with Crippen LogP contribution in [0.5, 0.6) is 0 Å². The molecule has 0 aromatic rings. The van der Waals surface area contributed by atoms with Crippen molar-refractivity contribution in [1.29, 1.82) is 0 Å². The summed E-state index contributed by atoms with van der Waals surface area (Å²) in [5, 5.41) is 33.6. The number of carboxylic acids is 1. The first-order chi connectivity index (χ1) is 19.0. The Morgan fingerprint density at radius 2 is 1.61 bits per heavy atom. The van der Waals surface area contributed by atoms with Gasteiger partial charge in [-0.2, -0.15) is 0 Å². The normalized spacial score (nSPS) is 44.5. The van der Waals surface area contributed by atoms with Crippen LogP contribution in [0.1, 0.15) is 100 Å². The van der Waals surface area contributed by atoms with Gasteiger partial charge in [-0.15, -0.1) is 0 Å². The highest BCUT2D eigenvalue weighted by molar-refractivity contribution is 5.88. The Morgan fingerprint density at radius 1 is 0.976 bits per heavy atom. The van der Waals surface area contributed by atoms with Crippen molar-refractivity contribution in [2.75, 3.05) is 0 Å². The molecule has 8 heteroatoms. The van der Waals surface area contributed by atoms with Crippen molar-refractivity contribution in [3.05, 3.63) is 22.8 Å². The monoisotopic (exact) mass is 574 g/mol. The molecule has 4 rings (SSSR count). The number of aliphatic hydroxyl groups is 2. The number of hydrogen-bond acceptors (Lipinski definition) is 7. The molecule has 4 aliphatic carbocycles. The van der Waals surface area contributed by atoms with E-state index >= 15 is 0 Å². The first kappa shape index (κ1) is 31.7. The van der Waals surface area contributed by atoms with Crippen LogP contribution in [0.3, 0.4) is 0 Å². The Hall–Kier alpha value is -2.19. The van der Waals surface area contributed by atoms with Crippen molar-refractivity contribution in [3.8, 4) is 0 Å². The second kappa shape index (κ2) is 11.1. The lowest BCUT2D eigenvalue weighted by Gasteiger charge is -2.70. The Kier molecular flexibility index (Phi) is 8.63. The number of carbonyl (C=O) groups excluding carboxylic acids is 2. The lowest BCUT2D eigenvalue weighted by Crippen LogP contribution is -2.72. The van der Waals surface area contributed by atoms with Crippen molar-refractivity contribution < 1.29 is 39.2 Å². The van der Waals surface area contributed by atoms with Crippen LogP contribution in [0.15, 0.2) is 22.8 Å². The van der Waals surface area contributed by atoms with E-state index in [0.717, 1.165) is 18.4 Å². The zero-order valence-corrected chi connectivity index (χ0v) is 26.0. The summed E-state index contributed by atoms with van der Waals surface area (Å²) in [7, 11) is 0. The summed E-state index contributed by atoms with van der Waals surface area (Å²) in [5.41, 5.74) is 0.360. The number of carboxylic acid groups (broad SMARTS) is 1. The van der Waals surface area contributed by atoms with Gasteiger partial charge in [0.1, 0.15) is 12.2 Å². The van der Waals surface area contributed by atoms with E-state index < -0.39 is 53.2 Å². The molecular weight excluding hydrogens is 524 g/mol. The van der Waals surface area contributed by atoms with Crippen LogP contribution in [0.25, 0.3) is 0 Å². The minimum atomic E-state index is -1.04. The predicted molar refractivity (Wildman–Crippen MR) is 153 cm³/mol. The SMILES string of the molecule is CC(=O)O[C@@H]1[C@H]2[C@H](C)[C@H](O)CC[C@]2(C)[C@@H]2CC[C@H]3/C(=C(\CCC=C(C)C)C(=O)O)[C@@H](OC(C)=O)C[C@]3(C)[C@@]2(C)[C@H]1O. The van der Waals surface area contributed by atoms with Crippen molar-refractivity contribution in [2.45, 2.75) is 125 Å². The van der Waals surface area contributed by atoms with E-state index in [0.29, 0.717) is 43.3 Å². The molecule has 0 aliphatic heterocycles. The number of hydrogen-bond donors (Lipinski definition) is 3. The number of esters is 2. The summed E-state index contributed by atoms with van der Waals surface area (Å²) in [6.45, 7) is 15.1. The molecule has 0 aromatic heterocycles. The fraction of sp³-hybridized carbons (Fsp3) is 0.788. The second-order valence-corrected chi connectivity index (χ2v) is 14.3. The molecule has 41 heavy (non-hydrogen) atoms. The quantitative estimate of drug-likeness (QED) is 0.224. The van der Waals surface area contributed by atoms with Crippen LogP contribution in [0.4, 0.5) is 0 Å². The van der Waals surface area contributed by atoms with Gasteiger partial charge in [0, 0.05) is 30.8 Å². The van der Waals surface area contributed by atoms with Crippen molar-refractivity contribution >= 4 is 17.9 Å². The number of aliphatic hydroxyl groups excluding tert-OH is 2. The van der Waals surface area contributed by atoms with Gasteiger partial charge >= 0.3 is 17.9 Å². The topological polar surface area (TPSA) is 130 Å². The molecule has 230 valence electrons. The zero-order valence-electron chi connectivity index (χ0n) is 26.0. The van der Waals surface area contributed by atoms with Crippen molar-refractivity contribution in [3.63, 3.8) is 0 Å². The van der Waals surface area contributed by atoms with Crippen molar-refractivity contribution in [1.82, 2.24) is 0 Å². The van der Waals surface area contributed by atoms with E-state index in [4.69, 9.17) is 9.47 Å². The molecule has 4 aliphatic rings. The third-order valence-corrected chi connectivity index (χ3v) is 12.0. The van der Waals surface area contributed by atoms with Crippen LogP contribution in [-0.4, -0.2) is 57.6 Å². The number of aliphatic carboxylic acids is 1. The molecule has 8 nitrogen and oxygen atoms in total. The Morgan fingerprint density at radius 3 is 2.17 bits per heavy atom. The molecule has 0 amide bonds. The highest BCUT2D eigenvalue weighted by Crippen LogP contribution is 2.74. The summed E-state index contributed by atoms with van der Waals surface area (Å²) in [6.07, 6.45) is 3.08. The van der Waals surface area contributed by atoms with E-state index in [1.54, 1.807) is 0 Å². The minimum absolute atomic E-state index is 0.0364. The number of carbonyl (C=O) groups is 3. The van der Waals surface area contributed by atoms with E-state index in [1.807, 2.05) is 26.8 Å². The van der Waals surface area contributed by atoms with Crippen LogP contribution >= 0.6 is 0 Å². The van der Waals surface area contributed by atoms with Gasteiger partial charge in [0.15, 0.2) is 0 Å². The highest BCUT2D eigenvalue weighted by Gasteiger charge is 2.74. The molecule has 0 unspecified atom stereocenters. The summed E-state index contributed by atoms with van der Waals surface area (Å²) in [4.78, 5) is 37.5. The molecule has 0 saturated heterocycles. The van der Waals surface area contributed by atoms with Gasteiger partial charge in [0.2, 0.25) is 0 Å². The van der Waals surface area contributed by atoms with Gasteiger partial charge in [0.05, 0.1) is 12.2 Å². The smallest absolute Gasteiger partial charge is 0.331 e. The van der Waals surface area contributed by atoms with Gasteiger partial charge in [-0.1, -0.05) is 39.3 Å². The predicted octanol–water partition coefficient (Wildman–Crippen LogP) is 5.21. The largest absolute Gasteiger partial charge is 0.478 e. The maximum atomic E-state index is 12.7. The van der Waals surface area contributed by atoms with E-state index in [-0.39, 0.29) is 29.1 Å². The van der Waals surface area contributed by atoms with Crippen LogP contribution < -0.4 is 0 Å². The summed E-state index contributed by atoms with van der Waals surface area (Å²) < 4.78 is 11.8.